The molecule has 0 aliphatic rings. The molecule has 0 saturated carbocycles. The van der Waals surface area contributed by atoms with Gasteiger partial charge in [0.2, 0.25) is 0 Å². The highest BCUT2D eigenvalue weighted by Gasteiger charge is 2.12. The normalized spacial score (nSPS) is 10.5. The van der Waals surface area contributed by atoms with E-state index in [1.807, 2.05) is 19.9 Å². The molecule has 0 aliphatic heterocycles. The fourth-order valence-corrected chi connectivity index (χ4v) is 2.74. The van der Waals surface area contributed by atoms with Gasteiger partial charge < -0.3 is 5.32 Å². The van der Waals surface area contributed by atoms with Crippen LogP contribution in [-0.4, -0.2) is 16.5 Å². The molecule has 19 heavy (non-hydrogen) atoms. The van der Waals surface area contributed by atoms with Gasteiger partial charge in [0.05, 0.1) is 0 Å². The zero-order valence-electron chi connectivity index (χ0n) is 11.0. The van der Waals surface area contributed by atoms with E-state index in [-0.39, 0.29) is 5.82 Å². The van der Waals surface area contributed by atoms with E-state index in [0.29, 0.717) is 4.90 Å². The monoisotopic (exact) mass is 277 g/mol. The fraction of sp³-hybridized carbons (Fsp3) is 0.286. The van der Waals surface area contributed by atoms with E-state index in [0.717, 1.165) is 29.4 Å². The lowest BCUT2D eigenvalue weighted by molar-refractivity contribution is 0.602. The van der Waals surface area contributed by atoms with Crippen LogP contribution in [0.5, 0.6) is 0 Å². The molecule has 0 atom stereocenters. The summed E-state index contributed by atoms with van der Waals surface area (Å²) in [6.07, 6.45) is 2.32. The Kier molecular flexibility index (Phi) is 4.74. The van der Waals surface area contributed by atoms with E-state index < -0.39 is 0 Å². The van der Waals surface area contributed by atoms with Gasteiger partial charge in [-0.15, -0.1) is 0 Å². The van der Waals surface area contributed by atoms with E-state index >= 15 is 0 Å². The zero-order valence-corrected chi connectivity index (χ0v) is 11.8. The summed E-state index contributed by atoms with van der Waals surface area (Å²) in [6, 6.07) is 6.72. The van der Waals surface area contributed by atoms with Crippen LogP contribution in [0.3, 0.4) is 0 Å². The van der Waals surface area contributed by atoms with Crippen molar-refractivity contribution >= 4 is 17.6 Å². The molecular formula is C14H16FN3S. The smallest absolute Gasteiger partial charge is 0.137 e. The molecule has 2 aromatic rings. The van der Waals surface area contributed by atoms with Crippen molar-refractivity contribution in [1.82, 2.24) is 9.97 Å². The summed E-state index contributed by atoms with van der Waals surface area (Å²) in [5.74, 6) is 0.608. The predicted molar refractivity (Wildman–Crippen MR) is 76.1 cm³/mol. The summed E-state index contributed by atoms with van der Waals surface area (Å²) in [5, 5.41) is 4.01. The van der Waals surface area contributed by atoms with Gasteiger partial charge in [0.1, 0.15) is 23.0 Å². The van der Waals surface area contributed by atoms with Crippen molar-refractivity contribution < 1.29 is 4.39 Å². The van der Waals surface area contributed by atoms with Gasteiger partial charge in [-0.25, -0.2) is 14.4 Å². The van der Waals surface area contributed by atoms with Gasteiger partial charge in [0.15, 0.2) is 0 Å². The van der Waals surface area contributed by atoms with Crippen LogP contribution < -0.4 is 5.32 Å². The molecule has 5 heteroatoms. The van der Waals surface area contributed by atoms with Crippen LogP contribution in [0.15, 0.2) is 40.5 Å². The van der Waals surface area contributed by atoms with E-state index in [1.165, 1.54) is 24.2 Å². The number of nitrogens with zero attached hydrogens (tertiary/aromatic N) is 2. The third-order valence-electron chi connectivity index (χ3n) is 2.65. The number of nitrogens with one attached hydrogen (secondary N) is 1. The molecule has 0 fully saturated rings. The highest BCUT2D eigenvalue weighted by atomic mass is 32.2. The van der Waals surface area contributed by atoms with Gasteiger partial charge in [-0.2, -0.15) is 0 Å². The van der Waals surface area contributed by atoms with Crippen molar-refractivity contribution in [2.24, 2.45) is 0 Å². The first-order valence-corrected chi connectivity index (χ1v) is 7.08. The van der Waals surface area contributed by atoms with Crippen molar-refractivity contribution in [3.8, 4) is 0 Å². The average molecular weight is 277 g/mol. The van der Waals surface area contributed by atoms with Crippen LogP contribution in [0.4, 0.5) is 10.2 Å². The van der Waals surface area contributed by atoms with E-state index in [2.05, 4.69) is 15.3 Å². The number of hydrogen-bond acceptors (Lipinski definition) is 4. The van der Waals surface area contributed by atoms with E-state index in [9.17, 15) is 4.39 Å². The number of halogens is 1. The second-order valence-corrected chi connectivity index (χ2v) is 4.95. The van der Waals surface area contributed by atoms with Gasteiger partial charge in [-0.05, 0) is 25.5 Å². The first kappa shape index (κ1) is 13.8. The SMILES string of the molecule is CCNc1ncnc(Sc2ccccc2F)c1CC. The number of hydrogen-bond donors (Lipinski definition) is 1. The Morgan fingerprint density at radius 2 is 2.00 bits per heavy atom. The van der Waals surface area contributed by atoms with Crippen LogP contribution >= 0.6 is 11.8 Å². The predicted octanol–water partition coefficient (Wildman–Crippen LogP) is 3.76. The van der Waals surface area contributed by atoms with Gasteiger partial charge in [0.25, 0.3) is 0 Å². The maximum Gasteiger partial charge on any atom is 0.137 e. The zero-order chi connectivity index (χ0) is 13.7. The minimum Gasteiger partial charge on any atom is -0.370 e. The molecule has 1 aromatic heterocycles. The second kappa shape index (κ2) is 6.52. The largest absolute Gasteiger partial charge is 0.370 e. The molecule has 100 valence electrons. The van der Waals surface area contributed by atoms with Gasteiger partial charge in [-0.3, -0.25) is 0 Å². The molecule has 0 amide bonds. The molecule has 0 radical (unpaired) electrons. The number of aromatic nitrogens is 2. The minimum absolute atomic E-state index is 0.224. The first-order valence-electron chi connectivity index (χ1n) is 6.26. The fourth-order valence-electron chi connectivity index (χ4n) is 1.75. The van der Waals surface area contributed by atoms with Gasteiger partial charge in [0, 0.05) is 17.0 Å². The molecule has 1 heterocycles. The third-order valence-corrected chi connectivity index (χ3v) is 3.74. The van der Waals surface area contributed by atoms with Gasteiger partial charge >= 0.3 is 0 Å². The van der Waals surface area contributed by atoms with Crippen LogP contribution in [0, 0.1) is 5.82 Å². The Morgan fingerprint density at radius 1 is 1.21 bits per heavy atom. The second-order valence-electron chi connectivity index (χ2n) is 3.92. The van der Waals surface area contributed by atoms with Crippen LogP contribution in [0.1, 0.15) is 19.4 Å². The summed E-state index contributed by atoms with van der Waals surface area (Å²) >= 11 is 1.34. The van der Waals surface area contributed by atoms with E-state index in [4.69, 9.17) is 0 Å². The Balaban J connectivity index is 2.35. The molecule has 3 nitrogen and oxygen atoms in total. The van der Waals surface area contributed by atoms with Crippen molar-refractivity contribution in [2.75, 3.05) is 11.9 Å². The maximum absolute atomic E-state index is 13.7. The lowest BCUT2D eigenvalue weighted by Crippen LogP contribution is -2.05. The highest BCUT2D eigenvalue weighted by molar-refractivity contribution is 7.99. The molecule has 0 aliphatic carbocycles. The van der Waals surface area contributed by atoms with Crippen molar-refractivity contribution in [3.63, 3.8) is 0 Å². The van der Waals surface area contributed by atoms with Crippen LogP contribution in [0.2, 0.25) is 0 Å². The molecule has 1 aromatic carbocycles. The standard InChI is InChI=1S/C14H16FN3S/c1-3-10-13(16-4-2)17-9-18-14(10)19-12-8-6-5-7-11(12)15/h5-9H,3-4H2,1-2H3,(H,16,17,18). The van der Waals surface area contributed by atoms with Crippen molar-refractivity contribution in [2.45, 2.75) is 30.2 Å². The number of anilines is 1. The molecule has 0 saturated heterocycles. The number of rotatable bonds is 5. The quantitative estimate of drug-likeness (QED) is 0.844. The summed E-state index contributed by atoms with van der Waals surface area (Å²) in [7, 11) is 0. The summed E-state index contributed by atoms with van der Waals surface area (Å²) in [6.45, 7) is 4.87. The lowest BCUT2D eigenvalue weighted by Gasteiger charge is -2.11. The first-order chi connectivity index (χ1) is 9.26. The average Bonchev–Trinajstić information content (AvgIpc) is 2.42. The molecule has 1 N–H and O–H groups in total. The van der Waals surface area contributed by atoms with Crippen molar-refractivity contribution in [1.29, 1.82) is 0 Å². The summed E-state index contributed by atoms with van der Waals surface area (Å²) in [4.78, 5) is 9.09. The molecule has 0 unspecified atom stereocenters. The molecule has 0 bridgehead atoms. The number of benzene rings is 1. The van der Waals surface area contributed by atoms with Gasteiger partial charge in [-0.1, -0.05) is 30.8 Å². The minimum atomic E-state index is -0.224. The molecule has 0 spiro atoms. The maximum atomic E-state index is 13.7. The molecule has 2 rings (SSSR count). The lowest BCUT2D eigenvalue weighted by atomic mass is 10.2. The summed E-state index contributed by atoms with van der Waals surface area (Å²) in [5.41, 5.74) is 1.03. The van der Waals surface area contributed by atoms with Crippen molar-refractivity contribution in [3.05, 3.63) is 42.0 Å². The Hall–Kier alpha value is -1.62. The highest BCUT2D eigenvalue weighted by Crippen LogP contribution is 2.32. The Bertz CT molecular complexity index is 560. The Morgan fingerprint density at radius 3 is 2.68 bits per heavy atom. The summed E-state index contributed by atoms with van der Waals surface area (Å²) < 4.78 is 13.7. The Labute approximate surface area is 116 Å². The van der Waals surface area contributed by atoms with Crippen LogP contribution in [0.25, 0.3) is 0 Å². The van der Waals surface area contributed by atoms with E-state index in [1.54, 1.807) is 12.1 Å². The topological polar surface area (TPSA) is 37.8 Å². The molecular weight excluding hydrogens is 261 g/mol. The van der Waals surface area contributed by atoms with Crippen LogP contribution in [-0.2, 0) is 6.42 Å². The third kappa shape index (κ3) is 3.23.